The first-order valence-electron chi connectivity index (χ1n) is 8.50. The Hall–Kier alpha value is -1.63. The van der Waals surface area contributed by atoms with Crippen molar-refractivity contribution in [1.29, 1.82) is 0 Å². The Morgan fingerprint density at radius 2 is 1.67 bits per heavy atom. The van der Waals surface area contributed by atoms with E-state index < -0.39 is 29.0 Å². The molecule has 0 unspecified atom stereocenters. The van der Waals surface area contributed by atoms with E-state index in [4.69, 9.17) is 20.3 Å². The van der Waals surface area contributed by atoms with Crippen LogP contribution in [0.5, 0.6) is 0 Å². The number of carbonyl (C=O) groups excluding carboxylic acids is 2. The summed E-state index contributed by atoms with van der Waals surface area (Å²) in [6.45, 7) is 5.03. The van der Waals surface area contributed by atoms with E-state index >= 15 is 0 Å². The highest BCUT2D eigenvalue weighted by Crippen LogP contribution is 2.25. The average Bonchev–Trinajstić information content (AvgIpc) is 2.45. The van der Waals surface area contributed by atoms with E-state index in [0.29, 0.717) is 0 Å². The second-order valence-corrected chi connectivity index (χ2v) is 7.39. The second kappa shape index (κ2) is 8.46. The minimum Gasteiger partial charge on any atom is -0.481 e. The largest absolute Gasteiger partial charge is 0.481 e. The molecule has 0 aromatic rings. The molecule has 0 spiro atoms. The van der Waals surface area contributed by atoms with Crippen LogP contribution in [0, 0.1) is 0 Å². The van der Waals surface area contributed by atoms with E-state index in [9.17, 15) is 14.4 Å². The molecule has 7 heteroatoms. The molecule has 1 rings (SSSR count). The van der Waals surface area contributed by atoms with Gasteiger partial charge in [-0.2, -0.15) is 0 Å². The Kier molecular flexibility index (Phi) is 7.20. The lowest BCUT2D eigenvalue weighted by Gasteiger charge is -2.31. The van der Waals surface area contributed by atoms with Gasteiger partial charge in [-0.25, -0.2) is 9.59 Å². The lowest BCUT2D eigenvalue weighted by molar-refractivity contribution is -0.175. The first-order chi connectivity index (χ1) is 11.0. The zero-order valence-electron chi connectivity index (χ0n) is 14.8. The highest BCUT2D eigenvalue weighted by molar-refractivity contribution is 6.04. The maximum Gasteiger partial charge on any atom is 0.338 e. The number of esters is 2. The van der Waals surface area contributed by atoms with Crippen molar-refractivity contribution in [1.82, 2.24) is 0 Å². The van der Waals surface area contributed by atoms with Gasteiger partial charge >= 0.3 is 17.9 Å². The fourth-order valence-electron chi connectivity index (χ4n) is 2.61. The summed E-state index contributed by atoms with van der Waals surface area (Å²) in [5, 5.41) is 8.76. The Labute approximate surface area is 142 Å². The highest BCUT2D eigenvalue weighted by Gasteiger charge is 2.47. The van der Waals surface area contributed by atoms with Gasteiger partial charge in [0.2, 0.25) is 5.54 Å². The number of hydrogen-bond donors (Lipinski definition) is 2. The SMILES string of the molecule is CC(C)(C)OC(=O)[C@](N)(CCCC(=O)O)C(=O)OC1CCCCC1. The third-order valence-corrected chi connectivity index (χ3v) is 3.92. The van der Waals surface area contributed by atoms with Crippen LogP contribution in [0.2, 0.25) is 0 Å². The van der Waals surface area contributed by atoms with Crippen molar-refractivity contribution in [2.24, 2.45) is 5.73 Å². The van der Waals surface area contributed by atoms with Crippen molar-refractivity contribution in [2.45, 2.75) is 89.4 Å². The van der Waals surface area contributed by atoms with Gasteiger partial charge in [-0.05, 0) is 59.3 Å². The molecule has 138 valence electrons. The molecule has 0 aromatic carbocycles. The standard InChI is InChI=1S/C17H29NO6/c1-16(2,3)24-15(22)17(18,11-7-10-13(19)20)14(21)23-12-8-5-4-6-9-12/h12H,4-11,18H2,1-3H3,(H,19,20)/t17-/m0/s1. The topological polar surface area (TPSA) is 116 Å². The number of hydrogen-bond acceptors (Lipinski definition) is 6. The van der Waals surface area contributed by atoms with Crippen LogP contribution in [0.4, 0.5) is 0 Å². The van der Waals surface area contributed by atoms with Gasteiger partial charge in [-0.15, -0.1) is 0 Å². The molecule has 24 heavy (non-hydrogen) atoms. The fraction of sp³-hybridized carbons (Fsp3) is 0.824. The summed E-state index contributed by atoms with van der Waals surface area (Å²) < 4.78 is 10.7. The minimum absolute atomic E-state index is 0.0881. The van der Waals surface area contributed by atoms with E-state index in [-0.39, 0.29) is 25.4 Å². The molecule has 7 nitrogen and oxygen atoms in total. The van der Waals surface area contributed by atoms with Gasteiger partial charge in [0.1, 0.15) is 11.7 Å². The molecule has 0 heterocycles. The van der Waals surface area contributed by atoms with E-state index in [1.807, 2.05) is 0 Å². The number of ether oxygens (including phenoxy) is 2. The molecule has 0 radical (unpaired) electrons. The van der Waals surface area contributed by atoms with Gasteiger partial charge in [0.05, 0.1) is 0 Å². The van der Waals surface area contributed by atoms with E-state index in [2.05, 4.69) is 0 Å². The molecule has 0 saturated heterocycles. The Bertz CT molecular complexity index is 464. The highest BCUT2D eigenvalue weighted by atomic mass is 16.6. The third-order valence-electron chi connectivity index (χ3n) is 3.92. The van der Waals surface area contributed by atoms with Crippen LogP contribution in [-0.2, 0) is 23.9 Å². The molecule has 0 amide bonds. The number of rotatable bonds is 7. The molecule has 1 aliphatic carbocycles. The first-order valence-corrected chi connectivity index (χ1v) is 8.50. The maximum absolute atomic E-state index is 12.5. The Balaban J connectivity index is 2.82. The van der Waals surface area contributed by atoms with Crippen LogP contribution < -0.4 is 5.73 Å². The predicted octanol–water partition coefficient (Wildman–Crippen LogP) is 2.16. The third kappa shape index (κ3) is 6.47. The lowest BCUT2D eigenvalue weighted by Crippen LogP contribution is -2.58. The van der Waals surface area contributed by atoms with Crippen LogP contribution in [-0.4, -0.2) is 40.3 Å². The van der Waals surface area contributed by atoms with Crippen LogP contribution in [0.3, 0.4) is 0 Å². The molecular weight excluding hydrogens is 314 g/mol. The van der Waals surface area contributed by atoms with Gasteiger partial charge in [0.15, 0.2) is 0 Å². The number of carboxylic acids is 1. The quantitative estimate of drug-likeness (QED) is 0.537. The smallest absolute Gasteiger partial charge is 0.338 e. The molecule has 0 aliphatic heterocycles. The molecule has 1 aliphatic rings. The van der Waals surface area contributed by atoms with Crippen molar-refractivity contribution >= 4 is 17.9 Å². The molecule has 1 fully saturated rings. The summed E-state index contributed by atoms with van der Waals surface area (Å²) >= 11 is 0. The zero-order valence-corrected chi connectivity index (χ0v) is 14.8. The van der Waals surface area contributed by atoms with Crippen LogP contribution in [0.1, 0.15) is 72.1 Å². The van der Waals surface area contributed by atoms with Crippen molar-refractivity contribution in [2.75, 3.05) is 0 Å². The summed E-state index contributed by atoms with van der Waals surface area (Å²) in [7, 11) is 0. The lowest BCUT2D eigenvalue weighted by atomic mass is 9.92. The average molecular weight is 343 g/mol. The molecule has 0 aromatic heterocycles. The molecule has 1 saturated carbocycles. The van der Waals surface area contributed by atoms with Crippen molar-refractivity contribution in [3.05, 3.63) is 0 Å². The second-order valence-electron chi connectivity index (χ2n) is 7.39. The molecular formula is C17H29NO6. The monoisotopic (exact) mass is 343 g/mol. The van der Waals surface area contributed by atoms with Gasteiger partial charge in [-0.1, -0.05) is 6.42 Å². The van der Waals surface area contributed by atoms with Gasteiger partial charge in [-0.3, -0.25) is 4.79 Å². The summed E-state index contributed by atoms with van der Waals surface area (Å²) in [6, 6.07) is 0. The molecule has 3 N–H and O–H groups in total. The number of nitrogens with two attached hydrogens (primary N) is 1. The van der Waals surface area contributed by atoms with Crippen molar-refractivity contribution in [3.8, 4) is 0 Å². The van der Waals surface area contributed by atoms with Crippen molar-refractivity contribution in [3.63, 3.8) is 0 Å². The number of carboxylic acid groups (broad SMARTS) is 1. The first kappa shape index (κ1) is 20.4. The number of aliphatic carboxylic acids is 1. The maximum atomic E-state index is 12.5. The van der Waals surface area contributed by atoms with Gasteiger partial charge < -0.3 is 20.3 Å². The van der Waals surface area contributed by atoms with E-state index in [1.54, 1.807) is 20.8 Å². The van der Waals surface area contributed by atoms with Gasteiger partial charge in [0, 0.05) is 6.42 Å². The van der Waals surface area contributed by atoms with E-state index in [0.717, 1.165) is 32.1 Å². The van der Waals surface area contributed by atoms with Crippen LogP contribution >= 0.6 is 0 Å². The summed E-state index contributed by atoms with van der Waals surface area (Å²) in [5.41, 5.74) is 3.28. The Morgan fingerprint density at radius 3 is 2.17 bits per heavy atom. The predicted molar refractivity (Wildman–Crippen MR) is 87.2 cm³/mol. The normalized spacial score (nSPS) is 18.5. The summed E-state index contributed by atoms with van der Waals surface area (Å²) in [5.74, 6) is -2.71. The van der Waals surface area contributed by atoms with Gasteiger partial charge in [0.25, 0.3) is 0 Å². The van der Waals surface area contributed by atoms with Crippen molar-refractivity contribution < 1.29 is 29.0 Å². The fourth-order valence-corrected chi connectivity index (χ4v) is 2.61. The number of carbonyl (C=O) groups is 3. The molecule has 1 atom stereocenters. The van der Waals surface area contributed by atoms with E-state index in [1.165, 1.54) is 0 Å². The molecule has 0 bridgehead atoms. The minimum atomic E-state index is -1.97. The summed E-state index contributed by atoms with van der Waals surface area (Å²) in [6.07, 6.45) is 4.10. The van der Waals surface area contributed by atoms with Crippen LogP contribution in [0.25, 0.3) is 0 Å². The summed E-state index contributed by atoms with van der Waals surface area (Å²) in [4.78, 5) is 35.7. The van der Waals surface area contributed by atoms with Crippen LogP contribution in [0.15, 0.2) is 0 Å². The zero-order chi connectivity index (χ0) is 18.4. The Morgan fingerprint density at radius 1 is 1.08 bits per heavy atom.